The molecular formula is C54H84MoN6O15. The van der Waals surface area contributed by atoms with Crippen LogP contribution in [0, 0.1) is 0 Å². The molecule has 426 valence electrons. The molecule has 0 aromatic carbocycles. The molecule has 0 radical (unpaired) electrons. The molecule has 0 spiro atoms. The van der Waals surface area contributed by atoms with E-state index >= 15 is 0 Å². The molecule has 0 aliphatic heterocycles. The number of aliphatic carboxylic acids is 6. The molecule has 0 amide bonds. The van der Waals surface area contributed by atoms with Gasteiger partial charge in [-0.2, -0.15) is 0 Å². The van der Waals surface area contributed by atoms with Crippen LogP contribution in [0.5, 0.6) is 0 Å². The maximum Gasteiger partial charge on any atom is 6.00 e. The summed E-state index contributed by atoms with van der Waals surface area (Å²) in [5.74, 6) is -7.71. The zero-order chi connectivity index (χ0) is 56.7. The fourth-order valence-corrected chi connectivity index (χ4v) is 6.32. The standard InChI is InChI=1S/3C12H24O3.3C6H6N2O2.Mo/c3*1-2-3-4-5-6-7-8-9-10-11(13)12(14)15;3*9-6(10)2-1-5-3-7-4-8-5;/h3*11,13H,2-10H2,1H3,(H,14,15);3*1-4H,(H,7,8)(H,9,10);/q;;;;;;+6/p-6. The van der Waals surface area contributed by atoms with Gasteiger partial charge in [-0.15, -0.1) is 0 Å². The summed E-state index contributed by atoms with van der Waals surface area (Å²) in [5.41, 5.74) is 1.72. The number of rotatable bonds is 36. The Morgan fingerprint density at radius 2 is 0.592 bits per heavy atom. The van der Waals surface area contributed by atoms with Crippen molar-refractivity contribution in [1.82, 2.24) is 29.9 Å². The zero-order valence-corrected chi connectivity index (χ0v) is 46.7. The Hall–Kier alpha value is -5.76. The number of unbranched alkanes of at least 4 members (excludes halogenated alkanes) is 21. The second-order valence-corrected chi connectivity index (χ2v) is 17.2. The molecular weight excluding hydrogens is 1070 g/mol. The number of carbonyl (C=O) groups excluding carboxylic acids is 6. The molecule has 0 bridgehead atoms. The Morgan fingerprint density at radius 1 is 0.395 bits per heavy atom. The average Bonchev–Trinajstić information content (AvgIpc) is 4.21. The van der Waals surface area contributed by atoms with Crippen molar-refractivity contribution in [3.8, 4) is 0 Å². The number of aliphatic hydroxyl groups is 3. The summed E-state index contributed by atoms with van der Waals surface area (Å²) in [6.07, 6.45) is 41.1. The molecule has 0 fully saturated rings. The van der Waals surface area contributed by atoms with Crippen molar-refractivity contribution in [3.63, 3.8) is 0 Å². The Labute approximate surface area is 463 Å². The molecule has 3 aromatic heterocycles. The van der Waals surface area contributed by atoms with Crippen molar-refractivity contribution >= 4 is 54.0 Å². The van der Waals surface area contributed by atoms with Crippen molar-refractivity contribution in [2.45, 2.75) is 212 Å². The molecule has 3 atom stereocenters. The molecule has 6 N–H and O–H groups in total. The molecule has 3 unspecified atom stereocenters. The maximum absolute atomic E-state index is 10.2. The number of aromatic amines is 3. The number of nitrogens with zero attached hydrogens (tertiary/aromatic N) is 3. The van der Waals surface area contributed by atoms with E-state index in [2.05, 4.69) is 50.7 Å². The predicted octanol–water partition coefficient (Wildman–Crippen LogP) is 2.40. The Kier molecular flexibility index (Phi) is 57.5. The van der Waals surface area contributed by atoms with Gasteiger partial charge in [-0.25, -0.2) is 15.0 Å². The van der Waals surface area contributed by atoms with E-state index in [-0.39, 0.29) is 21.1 Å². The van der Waals surface area contributed by atoms with Gasteiger partial charge in [-0.05, 0) is 55.7 Å². The fraction of sp³-hybridized carbons (Fsp3) is 0.611. The van der Waals surface area contributed by atoms with E-state index in [0.717, 1.165) is 76.0 Å². The summed E-state index contributed by atoms with van der Waals surface area (Å²) < 4.78 is 0. The van der Waals surface area contributed by atoms with Crippen LogP contribution in [0.3, 0.4) is 0 Å². The number of carboxylic acids is 6. The normalized spacial score (nSPS) is 11.6. The van der Waals surface area contributed by atoms with Gasteiger partial charge < -0.3 is 89.7 Å². The first-order valence-corrected chi connectivity index (χ1v) is 26.2. The summed E-state index contributed by atoms with van der Waals surface area (Å²) in [7, 11) is 0. The van der Waals surface area contributed by atoms with E-state index in [0.29, 0.717) is 36.3 Å². The van der Waals surface area contributed by atoms with Crippen molar-refractivity contribution in [1.29, 1.82) is 0 Å². The minimum atomic E-state index is -1.35. The van der Waals surface area contributed by atoms with Gasteiger partial charge >= 0.3 is 21.1 Å². The monoisotopic (exact) mass is 1150 g/mol. The number of aromatic nitrogens is 6. The van der Waals surface area contributed by atoms with E-state index in [1.807, 2.05) is 0 Å². The van der Waals surface area contributed by atoms with E-state index in [1.54, 1.807) is 18.6 Å². The Balaban J connectivity index is -0.000000412. The predicted molar refractivity (Wildman–Crippen MR) is 273 cm³/mol. The zero-order valence-electron chi connectivity index (χ0n) is 44.7. The molecule has 0 aliphatic carbocycles. The van der Waals surface area contributed by atoms with Gasteiger partial charge in [0.15, 0.2) is 0 Å². The molecule has 3 heterocycles. The minimum Gasteiger partial charge on any atom is -0.547 e. The molecule has 3 rings (SSSR count). The number of hydrogen-bond acceptors (Lipinski definition) is 18. The van der Waals surface area contributed by atoms with Crippen molar-refractivity contribution in [2.75, 3.05) is 0 Å². The van der Waals surface area contributed by atoms with E-state index in [1.165, 1.54) is 134 Å². The number of aliphatic hydroxyl groups excluding tert-OH is 3. The number of nitrogens with one attached hydrogen (secondary N) is 3. The smallest absolute Gasteiger partial charge is 0.547 e. The van der Waals surface area contributed by atoms with Gasteiger partial charge in [0, 0.05) is 18.6 Å². The first kappa shape index (κ1) is 76.7. The molecule has 76 heavy (non-hydrogen) atoms. The van der Waals surface area contributed by atoms with Crippen LogP contribution in [-0.2, 0) is 49.8 Å². The third-order valence-electron chi connectivity index (χ3n) is 10.5. The van der Waals surface area contributed by atoms with Crippen molar-refractivity contribution in [2.24, 2.45) is 0 Å². The molecule has 22 heteroatoms. The number of imidazole rings is 3. The second-order valence-electron chi connectivity index (χ2n) is 17.2. The average molecular weight is 1150 g/mol. The Bertz CT molecular complexity index is 1680. The van der Waals surface area contributed by atoms with Crippen LogP contribution in [0.1, 0.15) is 211 Å². The Morgan fingerprint density at radius 3 is 0.750 bits per heavy atom. The summed E-state index contributed by atoms with van der Waals surface area (Å²) in [4.78, 5) is 79.4. The molecule has 0 aliphatic rings. The number of H-pyrrole nitrogens is 3. The largest absolute Gasteiger partial charge is 6.00 e. The van der Waals surface area contributed by atoms with Gasteiger partial charge in [0.2, 0.25) is 0 Å². The van der Waals surface area contributed by atoms with Crippen molar-refractivity contribution in [3.05, 3.63) is 72.9 Å². The van der Waals surface area contributed by atoms with Crippen LogP contribution < -0.4 is 30.6 Å². The second kappa shape index (κ2) is 57.0. The van der Waals surface area contributed by atoms with Crippen LogP contribution >= 0.6 is 0 Å². The van der Waals surface area contributed by atoms with Crippen LogP contribution in [-0.4, -0.2) is 99.4 Å². The van der Waals surface area contributed by atoms with Gasteiger partial charge in [0.1, 0.15) is 0 Å². The maximum atomic E-state index is 10.2. The summed E-state index contributed by atoms with van der Waals surface area (Å²) in [5, 5.41) is 86.9. The number of carboxylic acid groups (broad SMARTS) is 6. The number of carbonyl (C=O) groups is 6. The first-order valence-electron chi connectivity index (χ1n) is 26.2. The third-order valence-corrected chi connectivity index (χ3v) is 10.5. The van der Waals surface area contributed by atoms with E-state index in [4.69, 9.17) is 15.3 Å². The van der Waals surface area contributed by atoms with Crippen LogP contribution in [0.15, 0.2) is 55.8 Å². The van der Waals surface area contributed by atoms with Gasteiger partial charge in [0.25, 0.3) is 0 Å². The quantitative estimate of drug-likeness (QED) is 0.0276. The van der Waals surface area contributed by atoms with Crippen LogP contribution in [0.2, 0.25) is 0 Å². The molecule has 3 aromatic rings. The summed E-state index contributed by atoms with van der Waals surface area (Å²) in [6.45, 7) is 6.59. The molecule has 21 nitrogen and oxygen atoms in total. The number of hydrogen-bond donors (Lipinski definition) is 6. The van der Waals surface area contributed by atoms with Gasteiger partial charge in [0.05, 0.1) is 90.2 Å². The van der Waals surface area contributed by atoms with Crippen molar-refractivity contribution < 1.29 is 95.8 Å². The first-order chi connectivity index (χ1) is 35.9. The van der Waals surface area contributed by atoms with E-state index in [9.17, 15) is 59.4 Å². The van der Waals surface area contributed by atoms with Crippen LogP contribution in [0.4, 0.5) is 0 Å². The SMILES string of the molecule is CCCCCCCCCCC(O)C(=O)[O-].CCCCCCCCCCC(O)C(=O)[O-].CCCCCCCCCCC(O)C(=O)[O-].O=C([O-])C=Cc1c[nH]cn1.O=C([O-])C=Cc1c[nH]cn1.O=C([O-])C=Cc1c[nH]cn1.[Mo+6]. The van der Waals surface area contributed by atoms with Gasteiger partial charge in [-0.3, -0.25) is 0 Å². The van der Waals surface area contributed by atoms with E-state index < -0.39 is 54.1 Å². The topological polar surface area (TPSA) is 388 Å². The summed E-state index contributed by atoms with van der Waals surface area (Å²) >= 11 is 0. The third kappa shape index (κ3) is 59.1. The minimum absolute atomic E-state index is 0. The fourth-order valence-electron chi connectivity index (χ4n) is 6.32. The van der Waals surface area contributed by atoms with Crippen LogP contribution in [0.25, 0.3) is 18.2 Å². The summed E-state index contributed by atoms with van der Waals surface area (Å²) in [6, 6.07) is 0. The molecule has 0 saturated carbocycles. The van der Waals surface area contributed by atoms with Gasteiger partial charge in [-0.1, -0.05) is 175 Å². The molecule has 0 saturated heterocycles.